The molecule has 0 saturated heterocycles. The molecule has 0 unspecified atom stereocenters. The van der Waals surface area contributed by atoms with Crippen LogP contribution in [0.25, 0.3) is 0 Å². The molecule has 0 aliphatic heterocycles. The zero-order chi connectivity index (χ0) is 11.8. The van der Waals surface area contributed by atoms with Crippen LogP contribution in [0.3, 0.4) is 0 Å². The van der Waals surface area contributed by atoms with Gasteiger partial charge in [-0.15, -0.1) is 5.06 Å². The van der Waals surface area contributed by atoms with Crippen LogP contribution in [-0.4, -0.2) is 24.1 Å². The number of hydroxylamine groups is 2. The average molecular weight is 213 g/mol. The van der Waals surface area contributed by atoms with Gasteiger partial charge in [-0.05, 0) is 34.1 Å². The van der Waals surface area contributed by atoms with Crippen LogP contribution in [0.1, 0.15) is 47.5 Å². The van der Waals surface area contributed by atoms with E-state index in [1.165, 1.54) is 0 Å². The Bertz CT molecular complexity index is 230. The topological polar surface area (TPSA) is 29.5 Å². The third-order valence-corrected chi connectivity index (χ3v) is 2.38. The van der Waals surface area contributed by atoms with E-state index >= 15 is 0 Å². The van der Waals surface area contributed by atoms with Gasteiger partial charge in [-0.2, -0.15) is 0 Å². The van der Waals surface area contributed by atoms with Gasteiger partial charge in [-0.3, -0.25) is 0 Å². The van der Waals surface area contributed by atoms with Crippen LogP contribution < -0.4 is 0 Å². The normalized spacial score (nSPS) is 10.3. The smallest absolute Gasteiger partial charge is 0.352 e. The highest BCUT2D eigenvalue weighted by Crippen LogP contribution is 2.06. The first-order chi connectivity index (χ1) is 7.02. The number of carbonyl (C=O) groups excluding carboxylic acids is 1. The Balaban J connectivity index is 4.18. The van der Waals surface area contributed by atoms with E-state index < -0.39 is 0 Å². The third-order valence-electron chi connectivity index (χ3n) is 2.38. The summed E-state index contributed by atoms with van der Waals surface area (Å²) in [6.07, 6.45) is 2.16. The minimum absolute atomic E-state index is 0.229. The molecule has 0 aromatic rings. The Kier molecular flexibility index (Phi) is 7.05. The molecule has 0 aromatic heterocycles. The summed E-state index contributed by atoms with van der Waals surface area (Å²) in [6, 6.07) is 0. The molecule has 0 aromatic carbocycles. The van der Waals surface area contributed by atoms with Crippen molar-refractivity contribution in [3.05, 3.63) is 11.1 Å². The fraction of sp³-hybridized carbons (Fsp3) is 0.750. The van der Waals surface area contributed by atoms with Crippen molar-refractivity contribution >= 4 is 5.97 Å². The van der Waals surface area contributed by atoms with Crippen molar-refractivity contribution in [2.45, 2.75) is 47.5 Å². The molecule has 0 rings (SSSR count). The number of allylic oxidation sites excluding steroid dienone is 1. The first-order valence-electron chi connectivity index (χ1n) is 5.64. The number of unbranched alkanes of at least 4 members (excludes halogenated alkanes) is 1. The molecular formula is C12H23NO2. The maximum absolute atomic E-state index is 11.6. The lowest BCUT2D eigenvalue weighted by Crippen LogP contribution is -2.28. The molecule has 3 nitrogen and oxygen atoms in total. The van der Waals surface area contributed by atoms with Gasteiger partial charge in [0.05, 0.1) is 0 Å². The highest BCUT2D eigenvalue weighted by atomic mass is 16.7. The second-order valence-electron chi connectivity index (χ2n) is 3.88. The van der Waals surface area contributed by atoms with E-state index in [1.807, 2.05) is 20.8 Å². The Morgan fingerprint density at radius 2 is 1.80 bits per heavy atom. The van der Waals surface area contributed by atoms with Crippen LogP contribution in [-0.2, 0) is 9.63 Å². The van der Waals surface area contributed by atoms with Crippen molar-refractivity contribution in [3.63, 3.8) is 0 Å². The van der Waals surface area contributed by atoms with E-state index in [2.05, 4.69) is 6.92 Å². The van der Waals surface area contributed by atoms with E-state index in [0.29, 0.717) is 5.57 Å². The average Bonchev–Trinajstić information content (AvgIpc) is 2.22. The van der Waals surface area contributed by atoms with E-state index in [4.69, 9.17) is 4.84 Å². The summed E-state index contributed by atoms with van der Waals surface area (Å²) in [5.74, 6) is -0.229. The van der Waals surface area contributed by atoms with Gasteiger partial charge in [0.15, 0.2) is 0 Å². The molecule has 0 saturated carbocycles. The maximum Gasteiger partial charge on any atom is 0.352 e. The van der Waals surface area contributed by atoms with Crippen molar-refractivity contribution in [2.75, 3.05) is 13.1 Å². The molecule has 0 amide bonds. The summed E-state index contributed by atoms with van der Waals surface area (Å²) in [4.78, 5) is 16.9. The van der Waals surface area contributed by atoms with Gasteiger partial charge in [0.2, 0.25) is 0 Å². The van der Waals surface area contributed by atoms with E-state index in [1.54, 1.807) is 12.0 Å². The molecule has 0 bridgehead atoms. The van der Waals surface area contributed by atoms with Crippen LogP contribution in [0.15, 0.2) is 11.1 Å². The summed E-state index contributed by atoms with van der Waals surface area (Å²) in [7, 11) is 0. The number of hydrogen-bond acceptors (Lipinski definition) is 3. The second-order valence-corrected chi connectivity index (χ2v) is 3.88. The molecule has 0 fully saturated rings. The van der Waals surface area contributed by atoms with Crippen LogP contribution in [0.5, 0.6) is 0 Å². The number of hydrogen-bond donors (Lipinski definition) is 0. The minimum atomic E-state index is -0.229. The Hall–Kier alpha value is -0.830. The van der Waals surface area contributed by atoms with Crippen molar-refractivity contribution in [2.24, 2.45) is 0 Å². The Morgan fingerprint density at radius 1 is 1.20 bits per heavy atom. The third kappa shape index (κ3) is 5.57. The van der Waals surface area contributed by atoms with E-state index in [-0.39, 0.29) is 5.97 Å². The molecule has 0 N–H and O–H groups in total. The highest BCUT2D eigenvalue weighted by molar-refractivity contribution is 5.88. The van der Waals surface area contributed by atoms with E-state index in [0.717, 1.165) is 31.5 Å². The van der Waals surface area contributed by atoms with Crippen LogP contribution >= 0.6 is 0 Å². The zero-order valence-electron chi connectivity index (χ0n) is 10.6. The zero-order valence-corrected chi connectivity index (χ0v) is 10.6. The lowest BCUT2D eigenvalue weighted by molar-refractivity contribution is -0.184. The first kappa shape index (κ1) is 14.2. The molecule has 0 atom stereocenters. The number of rotatable bonds is 6. The van der Waals surface area contributed by atoms with Gasteiger partial charge in [0, 0.05) is 18.7 Å². The largest absolute Gasteiger partial charge is 0.364 e. The van der Waals surface area contributed by atoms with Crippen molar-refractivity contribution in [1.29, 1.82) is 0 Å². The summed E-state index contributed by atoms with van der Waals surface area (Å²) < 4.78 is 0. The lowest BCUT2D eigenvalue weighted by atomic mass is 10.2. The molecule has 88 valence electrons. The van der Waals surface area contributed by atoms with Crippen molar-refractivity contribution < 1.29 is 9.63 Å². The van der Waals surface area contributed by atoms with Crippen molar-refractivity contribution in [3.8, 4) is 0 Å². The number of carbonyl (C=O) groups is 1. The predicted octanol–water partition coefficient (Wildman–Crippen LogP) is 2.92. The summed E-state index contributed by atoms with van der Waals surface area (Å²) in [5, 5.41) is 1.72. The van der Waals surface area contributed by atoms with E-state index in [9.17, 15) is 4.79 Å². The van der Waals surface area contributed by atoms with Crippen molar-refractivity contribution in [1.82, 2.24) is 5.06 Å². The molecule has 3 heteroatoms. The molecule has 15 heavy (non-hydrogen) atoms. The molecule has 0 heterocycles. The molecule has 0 aliphatic carbocycles. The molecule has 0 radical (unpaired) electrons. The lowest BCUT2D eigenvalue weighted by Gasteiger charge is -2.19. The van der Waals surface area contributed by atoms with Gasteiger partial charge in [-0.1, -0.05) is 18.9 Å². The van der Waals surface area contributed by atoms with Crippen LogP contribution in [0.4, 0.5) is 0 Å². The van der Waals surface area contributed by atoms with Gasteiger partial charge in [0.1, 0.15) is 0 Å². The maximum atomic E-state index is 11.6. The van der Waals surface area contributed by atoms with Gasteiger partial charge in [-0.25, -0.2) is 4.79 Å². The highest BCUT2D eigenvalue weighted by Gasteiger charge is 2.12. The Morgan fingerprint density at radius 3 is 2.20 bits per heavy atom. The SMILES string of the molecule is CCCCN(CC)OC(=O)C(C)=C(C)C. The van der Waals surface area contributed by atoms with Gasteiger partial charge < -0.3 is 4.84 Å². The minimum Gasteiger partial charge on any atom is -0.364 e. The molecular weight excluding hydrogens is 190 g/mol. The van der Waals surface area contributed by atoms with Gasteiger partial charge in [0.25, 0.3) is 0 Å². The standard InChI is InChI=1S/C12H23NO2/c1-6-8-9-13(7-2)15-12(14)11(5)10(3)4/h6-9H2,1-5H3. The monoisotopic (exact) mass is 213 g/mol. The fourth-order valence-electron chi connectivity index (χ4n) is 0.993. The van der Waals surface area contributed by atoms with Crippen LogP contribution in [0.2, 0.25) is 0 Å². The van der Waals surface area contributed by atoms with Gasteiger partial charge >= 0.3 is 5.97 Å². The summed E-state index contributed by atoms with van der Waals surface area (Å²) in [6.45, 7) is 11.3. The van der Waals surface area contributed by atoms with Crippen LogP contribution in [0, 0.1) is 0 Å². The second kappa shape index (κ2) is 7.46. The fourth-order valence-corrected chi connectivity index (χ4v) is 0.993. The Labute approximate surface area is 93.1 Å². The molecule has 0 aliphatic rings. The first-order valence-corrected chi connectivity index (χ1v) is 5.64. The number of nitrogens with zero attached hydrogens (tertiary/aromatic N) is 1. The summed E-state index contributed by atoms with van der Waals surface area (Å²) in [5.41, 5.74) is 1.71. The quantitative estimate of drug-likeness (QED) is 0.502. The summed E-state index contributed by atoms with van der Waals surface area (Å²) >= 11 is 0. The predicted molar refractivity (Wildman–Crippen MR) is 62.3 cm³/mol. The molecule has 0 spiro atoms.